The molecular formula is C13H19N5O. The predicted molar refractivity (Wildman–Crippen MR) is 74.8 cm³/mol. The minimum atomic E-state index is -0.101. The van der Waals surface area contributed by atoms with Gasteiger partial charge in [0, 0.05) is 6.54 Å². The molecule has 102 valence electrons. The zero-order chi connectivity index (χ0) is 13.8. The predicted octanol–water partition coefficient (Wildman–Crippen LogP) is 0.657. The highest BCUT2D eigenvalue weighted by Gasteiger charge is 2.32. The molecule has 6 nitrogen and oxygen atoms in total. The highest BCUT2D eigenvalue weighted by Crippen LogP contribution is 2.29. The number of ether oxygens (including phenoxy) is 1. The maximum atomic E-state index is 8.01. The molecule has 1 aromatic carbocycles. The third kappa shape index (κ3) is 3.03. The average molecular weight is 261 g/mol. The number of hydrogen-bond acceptors (Lipinski definition) is 2. The van der Waals surface area contributed by atoms with Crippen LogP contribution in [0.15, 0.2) is 35.3 Å². The van der Waals surface area contributed by atoms with Crippen LogP contribution in [0.2, 0.25) is 0 Å². The molecule has 1 aliphatic heterocycles. The van der Waals surface area contributed by atoms with Crippen LogP contribution in [0, 0.1) is 5.41 Å². The van der Waals surface area contributed by atoms with Crippen LogP contribution < -0.4 is 11.5 Å². The van der Waals surface area contributed by atoms with Crippen LogP contribution in [0.25, 0.3) is 0 Å². The number of guanidine groups is 2. The SMILES string of the molecule is CC1OCCN(C(=N)N=C(N)N)C1c1ccccc1. The first-order chi connectivity index (χ1) is 9.09. The van der Waals surface area contributed by atoms with Gasteiger partial charge in [0.1, 0.15) is 0 Å². The van der Waals surface area contributed by atoms with E-state index in [0.29, 0.717) is 13.2 Å². The lowest BCUT2D eigenvalue weighted by Crippen LogP contribution is -2.47. The molecule has 0 spiro atoms. The molecule has 19 heavy (non-hydrogen) atoms. The lowest BCUT2D eigenvalue weighted by atomic mass is 9.99. The van der Waals surface area contributed by atoms with Crippen molar-refractivity contribution in [3.05, 3.63) is 35.9 Å². The van der Waals surface area contributed by atoms with E-state index < -0.39 is 0 Å². The van der Waals surface area contributed by atoms with Crippen molar-refractivity contribution in [3.8, 4) is 0 Å². The number of nitrogens with one attached hydrogen (secondary N) is 1. The Labute approximate surface area is 112 Å². The van der Waals surface area contributed by atoms with Gasteiger partial charge in [-0.15, -0.1) is 0 Å². The molecule has 6 heteroatoms. The van der Waals surface area contributed by atoms with E-state index in [1.807, 2.05) is 42.2 Å². The van der Waals surface area contributed by atoms with Crippen LogP contribution in [-0.4, -0.2) is 36.1 Å². The fraction of sp³-hybridized carbons (Fsp3) is 0.385. The first-order valence-electron chi connectivity index (χ1n) is 6.21. The summed E-state index contributed by atoms with van der Waals surface area (Å²) in [7, 11) is 0. The van der Waals surface area contributed by atoms with Crippen molar-refractivity contribution in [1.82, 2.24) is 4.90 Å². The average Bonchev–Trinajstić information content (AvgIpc) is 2.38. The van der Waals surface area contributed by atoms with Gasteiger partial charge in [-0.1, -0.05) is 30.3 Å². The molecule has 1 saturated heterocycles. The van der Waals surface area contributed by atoms with Crippen molar-refractivity contribution >= 4 is 11.9 Å². The molecule has 0 amide bonds. The van der Waals surface area contributed by atoms with Crippen molar-refractivity contribution in [1.29, 1.82) is 5.41 Å². The molecule has 0 aliphatic carbocycles. The first-order valence-corrected chi connectivity index (χ1v) is 6.21. The van der Waals surface area contributed by atoms with E-state index in [0.717, 1.165) is 5.56 Å². The molecule has 2 rings (SSSR count). The minimum absolute atomic E-state index is 0.0225. The number of hydrogen-bond donors (Lipinski definition) is 3. The molecule has 0 aromatic heterocycles. The van der Waals surface area contributed by atoms with Gasteiger partial charge in [-0.25, -0.2) is 0 Å². The number of rotatable bonds is 1. The van der Waals surface area contributed by atoms with Crippen LogP contribution in [0.4, 0.5) is 0 Å². The minimum Gasteiger partial charge on any atom is -0.374 e. The van der Waals surface area contributed by atoms with Gasteiger partial charge < -0.3 is 21.1 Å². The highest BCUT2D eigenvalue weighted by molar-refractivity contribution is 5.92. The summed E-state index contributed by atoms with van der Waals surface area (Å²) in [4.78, 5) is 5.70. The fourth-order valence-electron chi connectivity index (χ4n) is 2.35. The second kappa shape index (κ2) is 5.71. The smallest absolute Gasteiger partial charge is 0.221 e. The summed E-state index contributed by atoms with van der Waals surface area (Å²) in [6.07, 6.45) is -0.0225. The van der Waals surface area contributed by atoms with E-state index in [1.165, 1.54) is 0 Å². The Hall–Kier alpha value is -2.08. The number of aliphatic imine (C=N–C) groups is 1. The molecule has 1 fully saturated rings. The Morgan fingerprint density at radius 3 is 2.68 bits per heavy atom. The van der Waals surface area contributed by atoms with Crippen LogP contribution in [0.1, 0.15) is 18.5 Å². The summed E-state index contributed by atoms with van der Waals surface area (Å²) < 4.78 is 5.68. The normalized spacial score (nSPS) is 22.9. The van der Waals surface area contributed by atoms with E-state index in [-0.39, 0.29) is 24.1 Å². The second-order valence-corrected chi connectivity index (χ2v) is 4.49. The molecule has 0 radical (unpaired) electrons. The van der Waals surface area contributed by atoms with Gasteiger partial charge >= 0.3 is 0 Å². The molecule has 5 N–H and O–H groups in total. The maximum absolute atomic E-state index is 8.01. The molecule has 1 aliphatic rings. The quantitative estimate of drug-likeness (QED) is 0.510. The van der Waals surface area contributed by atoms with Crippen LogP contribution in [0.3, 0.4) is 0 Å². The molecular weight excluding hydrogens is 242 g/mol. The molecule has 1 heterocycles. The monoisotopic (exact) mass is 261 g/mol. The fourth-order valence-corrected chi connectivity index (χ4v) is 2.35. The molecule has 0 saturated carbocycles. The molecule has 2 unspecified atom stereocenters. The van der Waals surface area contributed by atoms with Gasteiger partial charge in [-0.2, -0.15) is 4.99 Å². The highest BCUT2D eigenvalue weighted by atomic mass is 16.5. The summed E-state index contributed by atoms with van der Waals surface area (Å²) in [6, 6.07) is 9.89. The van der Waals surface area contributed by atoms with Crippen molar-refractivity contribution in [2.24, 2.45) is 16.5 Å². The van der Waals surface area contributed by atoms with E-state index in [1.54, 1.807) is 0 Å². The summed E-state index contributed by atoms with van der Waals surface area (Å²) in [5.41, 5.74) is 11.8. The zero-order valence-corrected chi connectivity index (χ0v) is 10.9. The summed E-state index contributed by atoms with van der Waals surface area (Å²) in [5, 5.41) is 8.01. The lowest BCUT2D eigenvalue weighted by Gasteiger charge is -2.40. The Bertz CT molecular complexity index is 469. The van der Waals surface area contributed by atoms with Crippen molar-refractivity contribution in [3.63, 3.8) is 0 Å². The number of nitrogens with two attached hydrogens (primary N) is 2. The van der Waals surface area contributed by atoms with Crippen molar-refractivity contribution in [2.75, 3.05) is 13.2 Å². The lowest BCUT2D eigenvalue weighted by molar-refractivity contribution is -0.0367. The van der Waals surface area contributed by atoms with Crippen LogP contribution in [0.5, 0.6) is 0 Å². The molecule has 2 atom stereocenters. The molecule has 0 bridgehead atoms. The van der Waals surface area contributed by atoms with Gasteiger partial charge in [0.05, 0.1) is 18.8 Å². The van der Waals surface area contributed by atoms with E-state index in [2.05, 4.69) is 4.99 Å². The topological polar surface area (TPSA) is 101 Å². The number of benzene rings is 1. The van der Waals surface area contributed by atoms with Crippen LogP contribution in [-0.2, 0) is 4.74 Å². The summed E-state index contributed by atoms with van der Waals surface area (Å²) in [5.74, 6) is -0.0278. The van der Waals surface area contributed by atoms with Gasteiger partial charge in [-0.3, -0.25) is 5.41 Å². The number of morpholine rings is 1. The van der Waals surface area contributed by atoms with Gasteiger partial charge in [0.15, 0.2) is 5.96 Å². The Morgan fingerprint density at radius 2 is 2.05 bits per heavy atom. The standard InChI is InChI=1S/C13H19N5O/c1-9-11(10-5-3-2-4-6-10)18(7-8-19-9)13(16)17-12(14)15/h2-6,9,11H,7-8H2,1H3,(H5,14,15,16,17). The number of nitrogens with zero attached hydrogens (tertiary/aromatic N) is 2. The van der Waals surface area contributed by atoms with Gasteiger partial charge in [0.25, 0.3) is 0 Å². The second-order valence-electron chi connectivity index (χ2n) is 4.49. The third-order valence-electron chi connectivity index (χ3n) is 3.14. The summed E-state index contributed by atoms with van der Waals surface area (Å²) >= 11 is 0. The van der Waals surface area contributed by atoms with Gasteiger partial charge in [0.2, 0.25) is 5.96 Å². The Balaban J connectivity index is 2.29. The van der Waals surface area contributed by atoms with E-state index >= 15 is 0 Å². The zero-order valence-electron chi connectivity index (χ0n) is 10.9. The van der Waals surface area contributed by atoms with Gasteiger partial charge in [-0.05, 0) is 12.5 Å². The summed E-state index contributed by atoms with van der Waals surface area (Å²) in [6.45, 7) is 3.15. The third-order valence-corrected chi connectivity index (χ3v) is 3.14. The Morgan fingerprint density at radius 1 is 1.37 bits per heavy atom. The van der Waals surface area contributed by atoms with E-state index in [4.69, 9.17) is 21.6 Å². The maximum Gasteiger partial charge on any atom is 0.221 e. The largest absolute Gasteiger partial charge is 0.374 e. The van der Waals surface area contributed by atoms with Crippen molar-refractivity contribution in [2.45, 2.75) is 19.1 Å². The van der Waals surface area contributed by atoms with E-state index in [9.17, 15) is 0 Å². The molecule has 1 aromatic rings. The first kappa shape index (κ1) is 13.4. The Kier molecular flexibility index (Phi) is 4.01. The van der Waals surface area contributed by atoms with Crippen molar-refractivity contribution < 1.29 is 4.74 Å². The van der Waals surface area contributed by atoms with Crippen LogP contribution >= 0.6 is 0 Å².